The molecule has 2 rings (SSSR count). The predicted octanol–water partition coefficient (Wildman–Crippen LogP) is 2.52. The molecule has 0 amide bonds. The van der Waals surface area contributed by atoms with E-state index >= 15 is 0 Å². The Morgan fingerprint density at radius 2 is 2.36 bits per heavy atom. The maximum absolute atomic E-state index is 9.19. The summed E-state index contributed by atoms with van der Waals surface area (Å²) in [5, 5.41) is 9.19. The van der Waals surface area contributed by atoms with Crippen molar-refractivity contribution < 1.29 is 4.74 Å². The van der Waals surface area contributed by atoms with E-state index in [1.54, 1.807) is 0 Å². The molecule has 0 bridgehead atoms. The van der Waals surface area contributed by atoms with E-state index in [4.69, 9.17) is 4.74 Å². The number of aryl methyl sites for hydroxylation is 1. The third kappa shape index (κ3) is 1.40. The lowest BCUT2D eigenvalue weighted by Crippen LogP contribution is -2.22. The molecular weight excluding hydrogens is 174 g/mol. The van der Waals surface area contributed by atoms with Crippen molar-refractivity contribution in [3.63, 3.8) is 0 Å². The van der Waals surface area contributed by atoms with E-state index in [0.29, 0.717) is 6.61 Å². The van der Waals surface area contributed by atoms with Crippen molar-refractivity contribution in [1.82, 2.24) is 0 Å². The molecule has 1 aliphatic rings. The Hall–Kier alpha value is -1.33. The highest BCUT2D eigenvalue weighted by molar-refractivity contribution is 5.33. The molecule has 0 radical (unpaired) electrons. The smallest absolute Gasteiger partial charge is 0.179 e. The Kier molecular flexibility index (Phi) is 2.26. The molecule has 2 heteroatoms. The first-order valence-electron chi connectivity index (χ1n) is 4.89. The number of nitrogens with zero attached hydrogens (tertiary/aromatic N) is 1. The van der Waals surface area contributed by atoms with Crippen LogP contribution in [0.5, 0.6) is 0 Å². The number of hydrogen-bond donors (Lipinski definition) is 0. The van der Waals surface area contributed by atoms with Gasteiger partial charge in [-0.25, -0.2) is 0 Å². The largest absolute Gasteiger partial charge is 0.356 e. The van der Waals surface area contributed by atoms with E-state index in [1.807, 2.05) is 31.2 Å². The summed E-state index contributed by atoms with van der Waals surface area (Å²) in [6.45, 7) is 2.73. The average molecular weight is 187 g/mol. The van der Waals surface area contributed by atoms with E-state index < -0.39 is 5.60 Å². The number of nitriles is 1. The van der Waals surface area contributed by atoms with Gasteiger partial charge in [0.15, 0.2) is 5.60 Å². The van der Waals surface area contributed by atoms with Crippen LogP contribution in [0.25, 0.3) is 0 Å². The van der Waals surface area contributed by atoms with Crippen LogP contribution in [0.1, 0.15) is 24.0 Å². The summed E-state index contributed by atoms with van der Waals surface area (Å²) in [4.78, 5) is 0. The molecule has 2 nitrogen and oxygen atoms in total. The summed E-state index contributed by atoms with van der Waals surface area (Å²) in [7, 11) is 0. The van der Waals surface area contributed by atoms with Gasteiger partial charge < -0.3 is 4.74 Å². The summed E-state index contributed by atoms with van der Waals surface area (Å²) < 4.78 is 5.57. The fraction of sp³-hybridized carbons (Fsp3) is 0.417. The third-order valence-corrected chi connectivity index (χ3v) is 2.69. The quantitative estimate of drug-likeness (QED) is 0.676. The van der Waals surface area contributed by atoms with Crippen molar-refractivity contribution in [1.29, 1.82) is 5.26 Å². The van der Waals surface area contributed by atoms with Crippen molar-refractivity contribution in [2.45, 2.75) is 25.4 Å². The maximum atomic E-state index is 9.19. The first kappa shape index (κ1) is 9.23. The summed E-state index contributed by atoms with van der Waals surface area (Å²) >= 11 is 0. The molecule has 1 aromatic rings. The fourth-order valence-corrected chi connectivity index (χ4v) is 1.92. The van der Waals surface area contributed by atoms with Gasteiger partial charge in [0.1, 0.15) is 6.07 Å². The lowest BCUT2D eigenvalue weighted by Gasteiger charge is -2.20. The lowest BCUT2D eigenvalue weighted by molar-refractivity contribution is 0.0494. The summed E-state index contributed by atoms with van der Waals surface area (Å²) in [6.07, 6.45) is 1.79. The lowest BCUT2D eigenvalue weighted by atomic mass is 9.91. The van der Waals surface area contributed by atoms with Gasteiger partial charge in [-0.3, -0.25) is 0 Å². The average Bonchev–Trinajstić information content (AvgIpc) is 2.67. The molecule has 0 N–H and O–H groups in total. The second kappa shape index (κ2) is 3.43. The Bertz CT molecular complexity index is 372. The third-order valence-electron chi connectivity index (χ3n) is 2.69. The zero-order valence-corrected chi connectivity index (χ0v) is 8.29. The van der Waals surface area contributed by atoms with E-state index in [-0.39, 0.29) is 0 Å². The summed E-state index contributed by atoms with van der Waals surface area (Å²) in [5.41, 5.74) is 1.50. The topological polar surface area (TPSA) is 33.0 Å². The van der Waals surface area contributed by atoms with Gasteiger partial charge in [-0.1, -0.05) is 29.8 Å². The van der Waals surface area contributed by atoms with Crippen molar-refractivity contribution in [3.05, 3.63) is 35.4 Å². The van der Waals surface area contributed by atoms with Gasteiger partial charge in [-0.15, -0.1) is 0 Å². The van der Waals surface area contributed by atoms with Crippen LogP contribution in [-0.4, -0.2) is 6.61 Å². The first-order chi connectivity index (χ1) is 6.77. The fourth-order valence-electron chi connectivity index (χ4n) is 1.92. The van der Waals surface area contributed by atoms with Gasteiger partial charge in [-0.05, 0) is 25.3 Å². The molecule has 0 aliphatic carbocycles. The number of hydrogen-bond acceptors (Lipinski definition) is 2. The highest BCUT2D eigenvalue weighted by atomic mass is 16.5. The van der Waals surface area contributed by atoms with Gasteiger partial charge >= 0.3 is 0 Å². The molecular formula is C12H13NO. The van der Waals surface area contributed by atoms with Crippen LogP contribution in [0.2, 0.25) is 0 Å². The van der Waals surface area contributed by atoms with Crippen LogP contribution >= 0.6 is 0 Å². The van der Waals surface area contributed by atoms with E-state index in [2.05, 4.69) is 6.07 Å². The molecule has 72 valence electrons. The predicted molar refractivity (Wildman–Crippen MR) is 53.7 cm³/mol. The second-order valence-electron chi connectivity index (χ2n) is 3.76. The minimum atomic E-state index is -0.675. The molecule has 0 aromatic heterocycles. The van der Waals surface area contributed by atoms with E-state index in [9.17, 15) is 5.26 Å². The Morgan fingerprint density at radius 1 is 1.50 bits per heavy atom. The molecule has 1 aromatic carbocycles. The molecule has 0 unspecified atom stereocenters. The van der Waals surface area contributed by atoms with Crippen molar-refractivity contribution >= 4 is 0 Å². The molecule has 14 heavy (non-hydrogen) atoms. The molecule has 1 fully saturated rings. The molecule has 1 saturated heterocycles. The molecule has 1 atom stereocenters. The number of rotatable bonds is 1. The van der Waals surface area contributed by atoms with Crippen molar-refractivity contribution in [2.75, 3.05) is 6.61 Å². The minimum Gasteiger partial charge on any atom is -0.356 e. The van der Waals surface area contributed by atoms with Crippen LogP contribution in [0.4, 0.5) is 0 Å². The highest BCUT2D eigenvalue weighted by Gasteiger charge is 2.37. The van der Waals surface area contributed by atoms with Crippen LogP contribution in [0.15, 0.2) is 24.3 Å². The maximum Gasteiger partial charge on any atom is 0.179 e. The Morgan fingerprint density at radius 3 is 2.93 bits per heavy atom. The van der Waals surface area contributed by atoms with Crippen molar-refractivity contribution in [3.8, 4) is 6.07 Å². The second-order valence-corrected chi connectivity index (χ2v) is 3.76. The Labute approximate surface area is 84.1 Å². The van der Waals surface area contributed by atoms with E-state index in [0.717, 1.165) is 18.4 Å². The zero-order valence-electron chi connectivity index (χ0n) is 8.29. The van der Waals surface area contributed by atoms with Crippen LogP contribution in [0, 0.1) is 18.3 Å². The van der Waals surface area contributed by atoms with Gasteiger partial charge in [-0.2, -0.15) is 5.26 Å². The highest BCUT2D eigenvalue weighted by Crippen LogP contribution is 2.35. The molecule has 1 aliphatic heterocycles. The normalized spacial score (nSPS) is 26.0. The molecule has 0 saturated carbocycles. The first-order valence-corrected chi connectivity index (χ1v) is 4.89. The molecule has 0 spiro atoms. The summed E-state index contributed by atoms with van der Waals surface area (Å²) in [5.74, 6) is 0. The standard InChI is InChI=1S/C12H13NO/c1-10-4-2-5-11(8-10)12(9-13)6-3-7-14-12/h2,4-5,8H,3,6-7H2,1H3/t12-/m1/s1. The zero-order chi connectivity index (χ0) is 10.0. The van der Waals surface area contributed by atoms with Gasteiger partial charge in [0.2, 0.25) is 0 Å². The van der Waals surface area contributed by atoms with Gasteiger partial charge in [0, 0.05) is 6.61 Å². The van der Waals surface area contributed by atoms with Crippen molar-refractivity contribution in [2.24, 2.45) is 0 Å². The van der Waals surface area contributed by atoms with E-state index in [1.165, 1.54) is 5.56 Å². The minimum absolute atomic E-state index is 0.675. The van der Waals surface area contributed by atoms with Crippen LogP contribution < -0.4 is 0 Å². The van der Waals surface area contributed by atoms with Crippen LogP contribution in [0.3, 0.4) is 0 Å². The Balaban J connectivity index is 2.42. The number of benzene rings is 1. The summed E-state index contributed by atoms with van der Waals surface area (Å²) in [6, 6.07) is 10.3. The van der Waals surface area contributed by atoms with Gasteiger partial charge in [0.05, 0.1) is 0 Å². The number of ether oxygens (including phenoxy) is 1. The van der Waals surface area contributed by atoms with Crippen LogP contribution in [-0.2, 0) is 10.3 Å². The molecule has 1 heterocycles. The monoisotopic (exact) mass is 187 g/mol. The van der Waals surface area contributed by atoms with Gasteiger partial charge in [0.25, 0.3) is 0 Å². The SMILES string of the molecule is Cc1cccc([C@]2(C#N)CCCO2)c1.